The van der Waals surface area contributed by atoms with Gasteiger partial charge in [-0.05, 0) is 119 Å². The molecule has 2 aliphatic carbocycles. The summed E-state index contributed by atoms with van der Waals surface area (Å²) in [5.74, 6) is 3.29. The molecule has 1 aromatic carbocycles. The number of nitrogens with zero attached hydrogens (tertiary/aromatic N) is 3. The maximum Gasteiger partial charge on any atom is 0.237 e. The van der Waals surface area contributed by atoms with E-state index in [1.807, 2.05) is 47.0 Å². The van der Waals surface area contributed by atoms with Crippen molar-refractivity contribution in [1.29, 1.82) is 0 Å². The molecule has 0 bridgehead atoms. The molecule has 0 radical (unpaired) electrons. The summed E-state index contributed by atoms with van der Waals surface area (Å²) >= 11 is 0. The number of nitrogens with one attached hydrogen (secondary N) is 1. The van der Waals surface area contributed by atoms with Crippen LogP contribution in [0.3, 0.4) is 0 Å². The number of imidazole rings is 1. The largest absolute Gasteiger partial charge is 0.355 e. The fourth-order valence-electron chi connectivity index (χ4n) is 9.41. The molecule has 7 heteroatoms. The first kappa shape index (κ1) is 50.4. The third-order valence-corrected chi connectivity index (χ3v) is 13.2. The molecule has 2 heterocycles. The van der Waals surface area contributed by atoms with Crippen LogP contribution in [0.2, 0.25) is 0 Å². The molecule has 332 valence electrons. The van der Waals surface area contributed by atoms with Gasteiger partial charge in [0.1, 0.15) is 11.6 Å². The van der Waals surface area contributed by atoms with Crippen molar-refractivity contribution in [3.05, 3.63) is 89.3 Å². The molecule has 6 nitrogen and oxygen atoms in total. The number of hydrogen-bond donors (Lipinski definition) is 1. The molecule has 2 unspecified atom stereocenters. The van der Waals surface area contributed by atoms with Gasteiger partial charge in [0.25, 0.3) is 0 Å². The fourth-order valence-corrected chi connectivity index (χ4v) is 9.41. The maximum atomic E-state index is 14.6. The Morgan fingerprint density at radius 3 is 2.02 bits per heavy atom. The number of halogens is 1. The van der Waals surface area contributed by atoms with Crippen LogP contribution < -0.4 is 20.9 Å². The molecule has 1 N–H and O–H groups in total. The van der Waals surface area contributed by atoms with E-state index in [1.54, 1.807) is 12.2 Å². The number of carbonyl (C=O) groups is 2. The zero-order valence-electron chi connectivity index (χ0n) is 39.7. The van der Waals surface area contributed by atoms with Crippen LogP contribution in [-0.2, 0) is 15.0 Å². The lowest BCUT2D eigenvalue weighted by Gasteiger charge is -2.42. The standard InChI is InChI=1S/C38H51FN4O.C9H18.C6H12O/c1-10-15-33(32(39)14-5)41-27(9)36-34(40-24-42(36)25(6)7)20-26(8)29-16-17-31-35(23-29)43(30-21-28(13-4)22-30)37(44)38(31,18-11-2)19-12-3;1-3-8-5-6-9(4-2)7-8;1-4-6(7)5(2)3/h10,14-17,20,23-25,28,30,41H,5,8,11-13,18-19,21-22H2,1-4,6-7,9H3;8-9H,3-7H2,1-2H3;5H,4H2,1-3H3/b15-10-,33-32-,34-20+,36-27-;;. The van der Waals surface area contributed by atoms with Crippen molar-refractivity contribution in [1.82, 2.24) is 14.9 Å². The number of allylic oxidation sites excluding steroid dienone is 5. The van der Waals surface area contributed by atoms with Crippen LogP contribution in [0.1, 0.15) is 184 Å². The summed E-state index contributed by atoms with van der Waals surface area (Å²) < 4.78 is 16.7. The average Bonchev–Trinajstić information content (AvgIpc) is 3.93. The van der Waals surface area contributed by atoms with Crippen molar-refractivity contribution in [3.63, 3.8) is 0 Å². The molecule has 1 aromatic heterocycles. The van der Waals surface area contributed by atoms with E-state index >= 15 is 0 Å². The molecule has 60 heavy (non-hydrogen) atoms. The highest BCUT2D eigenvalue weighted by molar-refractivity contribution is 6.09. The predicted molar refractivity (Wildman–Crippen MR) is 254 cm³/mol. The number of fused-ring (bicyclic) bond motifs is 1. The minimum Gasteiger partial charge on any atom is -0.355 e. The van der Waals surface area contributed by atoms with Crippen molar-refractivity contribution in [2.24, 2.45) is 23.7 Å². The Balaban J connectivity index is 0.000000500. The van der Waals surface area contributed by atoms with Gasteiger partial charge in [0.2, 0.25) is 5.91 Å². The number of ketones is 1. The van der Waals surface area contributed by atoms with Gasteiger partial charge in [0.15, 0.2) is 0 Å². The number of carbonyl (C=O) groups excluding carboxylic acids is 2. The Hall–Kier alpha value is -4.00. The van der Waals surface area contributed by atoms with E-state index in [0.717, 1.165) is 90.0 Å². The second-order valence-corrected chi connectivity index (χ2v) is 18.1. The molecule has 2 atom stereocenters. The number of aromatic nitrogens is 2. The van der Waals surface area contributed by atoms with Crippen LogP contribution in [-0.4, -0.2) is 27.3 Å². The summed E-state index contributed by atoms with van der Waals surface area (Å²) in [4.78, 5) is 31.7. The molecule has 1 aliphatic heterocycles. The van der Waals surface area contributed by atoms with Gasteiger partial charge in [-0.1, -0.05) is 132 Å². The van der Waals surface area contributed by atoms with Crippen LogP contribution in [0, 0.1) is 23.7 Å². The van der Waals surface area contributed by atoms with E-state index < -0.39 is 11.2 Å². The Morgan fingerprint density at radius 2 is 1.57 bits per heavy atom. The van der Waals surface area contributed by atoms with Gasteiger partial charge < -0.3 is 14.8 Å². The van der Waals surface area contributed by atoms with Crippen molar-refractivity contribution in [3.8, 4) is 0 Å². The third kappa shape index (κ3) is 12.1. The molecule has 1 amide bonds. The van der Waals surface area contributed by atoms with E-state index in [-0.39, 0.29) is 23.9 Å². The third-order valence-electron chi connectivity index (χ3n) is 13.2. The molecule has 3 aliphatic rings. The number of hydrogen-bond acceptors (Lipinski definition) is 4. The highest BCUT2D eigenvalue weighted by Crippen LogP contribution is 2.52. The lowest BCUT2D eigenvalue weighted by atomic mass is 9.73. The smallest absolute Gasteiger partial charge is 0.237 e. The second kappa shape index (κ2) is 23.9. The number of benzene rings is 1. The first-order valence-corrected chi connectivity index (χ1v) is 23.5. The van der Waals surface area contributed by atoms with Gasteiger partial charge in [-0.15, -0.1) is 0 Å². The zero-order chi connectivity index (χ0) is 44.7. The van der Waals surface area contributed by atoms with Crippen LogP contribution in [0.15, 0.2) is 67.4 Å². The lowest BCUT2D eigenvalue weighted by molar-refractivity contribution is -0.125. The summed E-state index contributed by atoms with van der Waals surface area (Å²) in [5, 5.41) is 4.85. The summed E-state index contributed by atoms with van der Waals surface area (Å²) in [6.45, 7) is 33.0. The molecule has 5 rings (SSSR count). The quantitative estimate of drug-likeness (QED) is 0.161. The summed E-state index contributed by atoms with van der Waals surface area (Å²) in [7, 11) is 0. The Kier molecular flexibility index (Phi) is 20.0. The Morgan fingerprint density at radius 1 is 0.967 bits per heavy atom. The molecule has 0 spiro atoms. The highest BCUT2D eigenvalue weighted by atomic mass is 19.1. The average molecular weight is 825 g/mol. The van der Waals surface area contributed by atoms with Gasteiger partial charge >= 0.3 is 0 Å². The summed E-state index contributed by atoms with van der Waals surface area (Å²) in [6, 6.07) is 6.88. The van der Waals surface area contributed by atoms with E-state index in [1.165, 1.54) is 43.7 Å². The Bertz CT molecular complexity index is 1930. The SMILES string of the molecule is C=C/C(F)=C(\C=C/C)N/C(C)=c1/c(=C\C(=C)c2ccc3c(c2)N(C2CC(CC)C2)C(=O)C3(CCC)CCC)ncn1C(C)C.CCC(=O)C(C)C.CCC1CCC(CC)C1. The highest BCUT2D eigenvalue weighted by Gasteiger charge is 2.53. The first-order chi connectivity index (χ1) is 28.6. The van der Waals surface area contributed by atoms with Crippen LogP contribution in [0.4, 0.5) is 10.1 Å². The van der Waals surface area contributed by atoms with Crippen LogP contribution >= 0.6 is 0 Å². The van der Waals surface area contributed by atoms with Crippen molar-refractivity contribution in [2.45, 2.75) is 184 Å². The Labute approximate surface area is 364 Å². The summed E-state index contributed by atoms with van der Waals surface area (Å²) in [6.07, 6.45) is 23.5. The van der Waals surface area contributed by atoms with E-state index in [4.69, 9.17) is 4.98 Å². The molecular formula is C53H81FN4O2. The van der Waals surface area contributed by atoms with E-state index in [9.17, 15) is 14.0 Å². The van der Waals surface area contributed by atoms with E-state index in [0.29, 0.717) is 23.8 Å². The topological polar surface area (TPSA) is 67.2 Å². The predicted octanol–water partition coefficient (Wildman–Crippen LogP) is 12.8. The monoisotopic (exact) mass is 825 g/mol. The first-order valence-electron chi connectivity index (χ1n) is 23.5. The molecule has 2 aromatic rings. The second-order valence-electron chi connectivity index (χ2n) is 18.1. The summed E-state index contributed by atoms with van der Waals surface area (Å²) in [5.41, 5.74) is 4.68. The fraction of sp³-hybridized carbons (Fsp3) is 0.604. The van der Waals surface area contributed by atoms with Crippen molar-refractivity contribution < 1.29 is 14.0 Å². The normalized spacial score (nSPS) is 21.8. The number of amides is 1. The minimum atomic E-state index is -0.445. The lowest BCUT2D eigenvalue weighted by Crippen LogP contribution is -2.50. The molecule has 2 fully saturated rings. The molecule has 0 saturated heterocycles. The van der Waals surface area contributed by atoms with Gasteiger partial charge in [-0.2, -0.15) is 0 Å². The van der Waals surface area contributed by atoms with Crippen LogP contribution in [0.5, 0.6) is 0 Å². The van der Waals surface area contributed by atoms with Gasteiger partial charge in [-0.25, -0.2) is 9.37 Å². The van der Waals surface area contributed by atoms with E-state index in [2.05, 4.69) is 94.6 Å². The van der Waals surface area contributed by atoms with Gasteiger partial charge in [0, 0.05) is 35.8 Å². The number of anilines is 1. The van der Waals surface area contributed by atoms with Crippen LogP contribution in [0.25, 0.3) is 17.3 Å². The molecular weight excluding hydrogens is 744 g/mol. The number of Topliss-reactive ketones (excluding diaryl/α,β-unsaturated/α-hetero) is 1. The number of rotatable bonds is 17. The maximum absolute atomic E-state index is 14.6. The van der Waals surface area contributed by atoms with Gasteiger partial charge in [0.05, 0.1) is 28.1 Å². The van der Waals surface area contributed by atoms with Crippen molar-refractivity contribution in [2.75, 3.05) is 4.90 Å². The van der Waals surface area contributed by atoms with Gasteiger partial charge in [-0.3, -0.25) is 9.59 Å². The van der Waals surface area contributed by atoms with Crippen molar-refractivity contribution >= 4 is 34.7 Å². The molecule has 2 saturated carbocycles. The zero-order valence-corrected chi connectivity index (χ0v) is 39.7. The minimum absolute atomic E-state index is 0.141.